The number of hydrogen-bond acceptors (Lipinski definition) is 5. The summed E-state index contributed by atoms with van der Waals surface area (Å²) in [5.74, 6) is -1.84. The summed E-state index contributed by atoms with van der Waals surface area (Å²) in [6.45, 7) is 8.86. The van der Waals surface area contributed by atoms with Gasteiger partial charge >= 0.3 is 6.18 Å². The summed E-state index contributed by atoms with van der Waals surface area (Å²) < 4.78 is 57.0. The molecule has 5 rings (SSSR count). The molecule has 0 aromatic heterocycles. The molecule has 2 aliphatic heterocycles. The Balaban J connectivity index is 1.51. The molecule has 7 nitrogen and oxygen atoms in total. The van der Waals surface area contributed by atoms with Gasteiger partial charge in [-0.1, -0.05) is 31.9 Å². The predicted octanol–water partition coefficient (Wildman–Crippen LogP) is 6.51. The number of benzene rings is 2. The van der Waals surface area contributed by atoms with E-state index in [9.17, 15) is 22.8 Å². The number of likely N-dealkylation sites (N-methyl/N-ethyl adjacent to an activating group) is 1. The number of dihydropyridines is 1. The first-order chi connectivity index (χ1) is 21.3. The van der Waals surface area contributed by atoms with Gasteiger partial charge in [-0.05, 0) is 75.7 Å². The van der Waals surface area contributed by atoms with Gasteiger partial charge in [0.05, 0.1) is 22.5 Å². The highest BCUT2D eigenvalue weighted by Gasteiger charge is 2.40. The molecule has 1 saturated heterocycles. The quantitative estimate of drug-likeness (QED) is 0.319. The number of anilines is 2. The lowest BCUT2D eigenvalue weighted by Gasteiger charge is -2.44. The summed E-state index contributed by atoms with van der Waals surface area (Å²) in [7, 11) is 2.03. The van der Waals surface area contributed by atoms with Crippen molar-refractivity contribution in [3.63, 3.8) is 0 Å². The second kappa shape index (κ2) is 13.1. The minimum atomic E-state index is -4.79. The molecule has 45 heavy (non-hydrogen) atoms. The molecule has 0 unspecified atom stereocenters. The molecule has 240 valence electrons. The van der Waals surface area contributed by atoms with Crippen LogP contribution in [0.2, 0.25) is 0 Å². The Morgan fingerprint density at radius 1 is 0.978 bits per heavy atom. The fourth-order valence-electron chi connectivity index (χ4n) is 6.23. The Morgan fingerprint density at radius 3 is 2.33 bits per heavy atom. The van der Waals surface area contributed by atoms with Gasteiger partial charge in [0.25, 0.3) is 11.8 Å². The summed E-state index contributed by atoms with van der Waals surface area (Å²) in [6, 6.07) is 9.51. The number of carbonyl (C=O) groups is 2. The number of nitrogens with zero attached hydrogens (tertiary/aromatic N) is 2. The van der Waals surface area contributed by atoms with E-state index >= 15 is 4.39 Å². The normalized spacial score (nSPS) is 21.5. The summed E-state index contributed by atoms with van der Waals surface area (Å²) in [6.07, 6.45) is 2.03. The van der Waals surface area contributed by atoms with E-state index in [1.165, 1.54) is 18.2 Å². The van der Waals surface area contributed by atoms with Crippen molar-refractivity contribution in [1.82, 2.24) is 15.5 Å². The van der Waals surface area contributed by atoms with E-state index in [4.69, 9.17) is 0 Å². The van der Waals surface area contributed by atoms with E-state index in [2.05, 4.69) is 46.2 Å². The summed E-state index contributed by atoms with van der Waals surface area (Å²) in [5.41, 5.74) is -0.0904. The fraction of sp³-hybridized carbons (Fsp3) is 0.412. The number of carbonyl (C=O) groups excluding carboxylic acids is 2. The highest BCUT2D eigenvalue weighted by molar-refractivity contribution is 6.09. The molecule has 0 spiro atoms. The van der Waals surface area contributed by atoms with Crippen LogP contribution in [0, 0.1) is 5.82 Å². The second-order valence-corrected chi connectivity index (χ2v) is 12.2. The molecular weight excluding hydrogens is 586 g/mol. The minimum Gasteiger partial charge on any atom is -0.367 e. The molecule has 1 saturated carbocycles. The molecule has 3 aliphatic rings. The van der Waals surface area contributed by atoms with Crippen LogP contribution in [0.4, 0.5) is 28.9 Å². The van der Waals surface area contributed by atoms with Gasteiger partial charge in [0, 0.05) is 54.2 Å². The van der Waals surface area contributed by atoms with Crippen molar-refractivity contribution in [3.8, 4) is 11.1 Å². The third kappa shape index (κ3) is 7.24. The Bertz CT molecular complexity index is 1530. The van der Waals surface area contributed by atoms with Gasteiger partial charge in [-0.15, -0.1) is 0 Å². The first kappa shape index (κ1) is 32.3. The third-order valence-electron chi connectivity index (χ3n) is 8.99. The van der Waals surface area contributed by atoms with E-state index in [-0.39, 0.29) is 41.0 Å². The zero-order valence-electron chi connectivity index (χ0n) is 25.7. The zero-order valence-corrected chi connectivity index (χ0v) is 25.7. The molecular formula is C34H39F4N5O2. The molecule has 2 aromatic carbocycles. The van der Waals surface area contributed by atoms with E-state index in [1.54, 1.807) is 18.2 Å². The van der Waals surface area contributed by atoms with Crippen LogP contribution in [-0.4, -0.2) is 61.2 Å². The van der Waals surface area contributed by atoms with E-state index in [1.807, 2.05) is 7.05 Å². The van der Waals surface area contributed by atoms with Crippen molar-refractivity contribution in [2.75, 3.05) is 30.4 Å². The Morgan fingerprint density at radius 2 is 1.67 bits per heavy atom. The van der Waals surface area contributed by atoms with Crippen molar-refractivity contribution >= 4 is 23.2 Å². The number of allylic oxidation sites excluding steroid dienone is 1. The van der Waals surface area contributed by atoms with Crippen LogP contribution in [0.3, 0.4) is 0 Å². The zero-order chi connectivity index (χ0) is 32.5. The smallest absolute Gasteiger partial charge is 0.367 e. The summed E-state index contributed by atoms with van der Waals surface area (Å²) in [5, 5.41) is 8.32. The maximum Gasteiger partial charge on any atom is 0.417 e. The molecule has 2 amide bonds. The molecule has 11 heteroatoms. The lowest BCUT2D eigenvalue weighted by atomic mass is 9.95. The van der Waals surface area contributed by atoms with Crippen molar-refractivity contribution in [2.45, 2.75) is 70.3 Å². The van der Waals surface area contributed by atoms with Gasteiger partial charge in [-0.25, -0.2) is 4.39 Å². The molecule has 0 radical (unpaired) electrons. The van der Waals surface area contributed by atoms with E-state index < -0.39 is 29.0 Å². The second-order valence-electron chi connectivity index (χ2n) is 12.2. The Kier molecular flexibility index (Phi) is 9.38. The molecule has 2 heterocycles. The standard InChI is InChI=1S/C34H39F4N5O2/c1-20-14-28(34(36,37)38)27(17-39-20)33(45)41-30-16-23(11-13-31(30)43-18-21(2)42(4)22(3)19-43)26-15-24(10-12-29(26)35)32(44)40-25-8-6-5-7-9-25/h10-17,21-22,25,39H,1,5-9,18-19H2,2-4H3,(H,40,44)(H,41,45)/t21-,22+. The molecule has 1 aliphatic carbocycles. The van der Waals surface area contributed by atoms with Gasteiger partial charge in [-0.2, -0.15) is 13.2 Å². The molecule has 2 aromatic rings. The van der Waals surface area contributed by atoms with Crippen LogP contribution >= 0.6 is 0 Å². The van der Waals surface area contributed by atoms with Crippen molar-refractivity contribution in [1.29, 1.82) is 0 Å². The number of nitrogens with one attached hydrogen (secondary N) is 3. The first-order valence-electron chi connectivity index (χ1n) is 15.3. The van der Waals surface area contributed by atoms with Gasteiger partial charge in [0.2, 0.25) is 0 Å². The van der Waals surface area contributed by atoms with Crippen molar-refractivity contribution in [3.05, 3.63) is 83.5 Å². The predicted molar refractivity (Wildman–Crippen MR) is 168 cm³/mol. The number of rotatable bonds is 6. The molecule has 2 atom stereocenters. The number of piperazine rings is 1. The van der Waals surface area contributed by atoms with E-state index in [0.29, 0.717) is 29.9 Å². The third-order valence-corrected chi connectivity index (χ3v) is 8.99. The van der Waals surface area contributed by atoms with Crippen molar-refractivity contribution < 1.29 is 27.2 Å². The Labute approximate surface area is 261 Å². The summed E-state index contributed by atoms with van der Waals surface area (Å²) in [4.78, 5) is 30.8. The average molecular weight is 626 g/mol. The highest BCUT2D eigenvalue weighted by atomic mass is 19.4. The SMILES string of the molecule is C=C1C=C(C(F)(F)F)C(C(=O)Nc2cc(-c3cc(C(=O)NC4CCCCC4)ccc3F)ccc2N2C[C@@H](C)N(C)[C@@H](C)C2)=CN1. The maximum absolute atomic E-state index is 15.3. The van der Waals surface area contributed by atoms with Gasteiger partial charge < -0.3 is 20.9 Å². The van der Waals surface area contributed by atoms with Gasteiger partial charge in [0.15, 0.2) is 0 Å². The van der Waals surface area contributed by atoms with Gasteiger partial charge in [-0.3, -0.25) is 14.5 Å². The lowest BCUT2D eigenvalue weighted by Crippen LogP contribution is -2.55. The topological polar surface area (TPSA) is 76.7 Å². The van der Waals surface area contributed by atoms with Crippen LogP contribution in [0.1, 0.15) is 56.3 Å². The van der Waals surface area contributed by atoms with Gasteiger partial charge in [0.1, 0.15) is 5.82 Å². The van der Waals surface area contributed by atoms with Crippen LogP contribution in [0.15, 0.2) is 72.1 Å². The molecule has 3 N–H and O–H groups in total. The average Bonchev–Trinajstić information content (AvgIpc) is 2.99. The van der Waals surface area contributed by atoms with E-state index in [0.717, 1.165) is 44.4 Å². The van der Waals surface area contributed by atoms with Crippen molar-refractivity contribution in [2.24, 2.45) is 0 Å². The Hall–Kier alpha value is -4.12. The lowest BCUT2D eigenvalue weighted by molar-refractivity contribution is -0.115. The maximum atomic E-state index is 15.3. The number of halogens is 4. The monoisotopic (exact) mass is 625 g/mol. The van der Waals surface area contributed by atoms with Crippen LogP contribution in [0.5, 0.6) is 0 Å². The number of alkyl halides is 3. The van der Waals surface area contributed by atoms with Crippen LogP contribution in [-0.2, 0) is 4.79 Å². The first-order valence-corrected chi connectivity index (χ1v) is 15.3. The fourth-order valence-corrected chi connectivity index (χ4v) is 6.23. The molecule has 0 bridgehead atoms. The number of amides is 2. The largest absolute Gasteiger partial charge is 0.417 e. The van der Waals surface area contributed by atoms with Crippen LogP contribution < -0.4 is 20.9 Å². The minimum absolute atomic E-state index is 0.00449. The number of hydrogen-bond donors (Lipinski definition) is 3. The highest BCUT2D eigenvalue weighted by Crippen LogP contribution is 2.38. The van der Waals surface area contributed by atoms with Crippen LogP contribution in [0.25, 0.3) is 11.1 Å². The summed E-state index contributed by atoms with van der Waals surface area (Å²) >= 11 is 0. The molecule has 2 fully saturated rings.